The molecule has 1 aromatic carbocycles. The van der Waals surface area contributed by atoms with Crippen LogP contribution in [0, 0.1) is 0 Å². The van der Waals surface area contributed by atoms with Crippen molar-refractivity contribution in [1.82, 2.24) is 0 Å². The fourth-order valence-electron chi connectivity index (χ4n) is 2.07. The van der Waals surface area contributed by atoms with Crippen LogP contribution in [0.1, 0.15) is 12.0 Å². The second kappa shape index (κ2) is 2.46. The smallest absolute Gasteiger partial charge is 0.00793 e. The lowest BCUT2D eigenvalue weighted by Gasteiger charge is -1.95. The van der Waals surface area contributed by atoms with Gasteiger partial charge in [-0.1, -0.05) is 48.6 Å². The van der Waals surface area contributed by atoms with E-state index in [1.165, 1.54) is 21.6 Å². The first kappa shape index (κ1) is 6.90. The Morgan fingerprint density at radius 3 is 2.92 bits per heavy atom. The predicted molar refractivity (Wildman–Crippen MR) is 56.4 cm³/mol. The van der Waals surface area contributed by atoms with Gasteiger partial charge in [0.1, 0.15) is 0 Å². The predicted octanol–water partition coefficient (Wildman–Crippen LogP) is 1.60. The van der Waals surface area contributed by atoms with Gasteiger partial charge in [0.25, 0.3) is 0 Å². The van der Waals surface area contributed by atoms with E-state index < -0.39 is 0 Å². The van der Waals surface area contributed by atoms with Crippen molar-refractivity contribution >= 4 is 17.7 Å². The summed E-state index contributed by atoms with van der Waals surface area (Å²) in [5.41, 5.74) is 2.81. The van der Waals surface area contributed by atoms with Gasteiger partial charge in [0.2, 0.25) is 0 Å². The normalized spacial score (nSPS) is 16.8. The van der Waals surface area contributed by atoms with Crippen LogP contribution in [0.25, 0.3) is 17.7 Å². The summed E-state index contributed by atoms with van der Waals surface area (Å²) in [4.78, 5) is 0. The Bertz CT molecular complexity index is 528. The second-order valence-corrected chi connectivity index (χ2v) is 3.46. The molecular formula is C13H10. The summed E-state index contributed by atoms with van der Waals surface area (Å²) in [6.07, 6.45) is 12.0. The van der Waals surface area contributed by atoms with Gasteiger partial charge in [0.15, 0.2) is 0 Å². The highest BCUT2D eigenvalue weighted by atomic mass is 14.1. The van der Waals surface area contributed by atoms with Crippen molar-refractivity contribution in [3.05, 3.63) is 52.4 Å². The number of allylic oxidation sites excluding steroid dienone is 3. The maximum atomic E-state index is 2.30. The van der Waals surface area contributed by atoms with Crippen molar-refractivity contribution in [2.45, 2.75) is 6.42 Å². The SMILES string of the molecule is C1=CC2=c3c(cccc3=CC2)C=C1. The van der Waals surface area contributed by atoms with Gasteiger partial charge in [-0.3, -0.25) is 0 Å². The van der Waals surface area contributed by atoms with Gasteiger partial charge in [0.05, 0.1) is 0 Å². The third kappa shape index (κ3) is 0.919. The van der Waals surface area contributed by atoms with E-state index in [1.807, 2.05) is 0 Å². The fourth-order valence-corrected chi connectivity index (χ4v) is 2.07. The molecule has 1 aromatic rings. The molecule has 13 heavy (non-hydrogen) atoms. The number of benzene rings is 1. The minimum absolute atomic E-state index is 1.09. The molecule has 0 atom stereocenters. The molecule has 0 saturated heterocycles. The van der Waals surface area contributed by atoms with Gasteiger partial charge in [-0.2, -0.15) is 0 Å². The standard InChI is InChI=1S/C13H10/c1-2-5-11-8-9-12-7-3-6-10(4-1)13(11)12/h1-7,9H,8H2. The lowest BCUT2D eigenvalue weighted by molar-refractivity contribution is 1.49. The van der Waals surface area contributed by atoms with Crippen molar-refractivity contribution in [3.63, 3.8) is 0 Å². The summed E-state index contributed by atoms with van der Waals surface area (Å²) in [7, 11) is 0. The van der Waals surface area contributed by atoms with Gasteiger partial charge in [-0.25, -0.2) is 0 Å². The van der Waals surface area contributed by atoms with E-state index in [4.69, 9.17) is 0 Å². The molecule has 62 valence electrons. The maximum Gasteiger partial charge on any atom is -0.00793 e. The Morgan fingerprint density at radius 1 is 1.00 bits per heavy atom. The van der Waals surface area contributed by atoms with E-state index in [0.29, 0.717) is 0 Å². The summed E-state index contributed by atoms with van der Waals surface area (Å²) < 4.78 is 0. The Kier molecular flexibility index (Phi) is 1.31. The van der Waals surface area contributed by atoms with E-state index in [-0.39, 0.29) is 0 Å². The van der Waals surface area contributed by atoms with Gasteiger partial charge in [0, 0.05) is 0 Å². The first-order valence-electron chi connectivity index (χ1n) is 4.62. The molecule has 2 aliphatic rings. The summed E-state index contributed by atoms with van der Waals surface area (Å²) in [6.45, 7) is 0. The van der Waals surface area contributed by atoms with Gasteiger partial charge < -0.3 is 0 Å². The molecule has 0 amide bonds. The minimum atomic E-state index is 1.09. The van der Waals surface area contributed by atoms with Crippen LogP contribution >= 0.6 is 0 Å². The summed E-state index contributed by atoms with van der Waals surface area (Å²) in [6, 6.07) is 6.50. The highest BCUT2D eigenvalue weighted by molar-refractivity contribution is 5.73. The summed E-state index contributed by atoms with van der Waals surface area (Å²) in [5.74, 6) is 0. The molecule has 0 heteroatoms. The van der Waals surface area contributed by atoms with Crippen LogP contribution in [-0.2, 0) is 0 Å². The van der Waals surface area contributed by atoms with Crippen LogP contribution in [-0.4, -0.2) is 0 Å². The van der Waals surface area contributed by atoms with Crippen molar-refractivity contribution in [2.75, 3.05) is 0 Å². The van der Waals surface area contributed by atoms with Crippen molar-refractivity contribution in [2.24, 2.45) is 0 Å². The third-order valence-electron chi connectivity index (χ3n) is 2.68. The van der Waals surface area contributed by atoms with Crippen molar-refractivity contribution < 1.29 is 0 Å². The molecule has 0 radical (unpaired) electrons. The van der Waals surface area contributed by atoms with E-state index in [0.717, 1.165) is 6.42 Å². The van der Waals surface area contributed by atoms with E-state index in [1.54, 1.807) is 0 Å². The lowest BCUT2D eigenvalue weighted by Crippen LogP contribution is -2.24. The zero-order valence-electron chi connectivity index (χ0n) is 7.33. The monoisotopic (exact) mass is 166 g/mol. The average Bonchev–Trinajstić information content (AvgIpc) is 2.44. The molecule has 0 aliphatic heterocycles. The highest BCUT2D eigenvalue weighted by Gasteiger charge is 2.05. The highest BCUT2D eigenvalue weighted by Crippen LogP contribution is 2.11. The van der Waals surface area contributed by atoms with Crippen LogP contribution in [0.5, 0.6) is 0 Å². The molecule has 3 rings (SSSR count). The molecule has 0 bridgehead atoms. The second-order valence-electron chi connectivity index (χ2n) is 3.46. The number of rotatable bonds is 0. The van der Waals surface area contributed by atoms with Crippen LogP contribution in [0.3, 0.4) is 0 Å². The van der Waals surface area contributed by atoms with E-state index in [9.17, 15) is 0 Å². The van der Waals surface area contributed by atoms with Gasteiger partial charge in [-0.05, 0) is 28.0 Å². The molecule has 0 spiro atoms. The molecule has 0 heterocycles. The lowest BCUT2D eigenvalue weighted by atomic mass is 10.1. The first-order valence-corrected chi connectivity index (χ1v) is 4.62. The van der Waals surface area contributed by atoms with Gasteiger partial charge in [-0.15, -0.1) is 0 Å². The quantitative estimate of drug-likeness (QED) is 0.549. The molecule has 0 aromatic heterocycles. The van der Waals surface area contributed by atoms with Crippen LogP contribution in [0.4, 0.5) is 0 Å². The minimum Gasteiger partial charge on any atom is -0.0722 e. The Morgan fingerprint density at radius 2 is 1.92 bits per heavy atom. The molecular weight excluding hydrogens is 156 g/mol. The molecule has 0 saturated carbocycles. The first-order chi connectivity index (χ1) is 6.45. The largest absolute Gasteiger partial charge is 0.0722 e. The Labute approximate surface area is 77.2 Å². The van der Waals surface area contributed by atoms with Crippen molar-refractivity contribution in [1.29, 1.82) is 0 Å². The zero-order chi connectivity index (χ0) is 8.67. The topological polar surface area (TPSA) is 0 Å². The summed E-state index contributed by atoms with van der Waals surface area (Å²) >= 11 is 0. The van der Waals surface area contributed by atoms with Gasteiger partial charge >= 0.3 is 0 Å². The van der Waals surface area contributed by atoms with Crippen molar-refractivity contribution in [3.8, 4) is 0 Å². The molecule has 0 unspecified atom stereocenters. The number of hydrogen-bond donors (Lipinski definition) is 0. The van der Waals surface area contributed by atoms with E-state index >= 15 is 0 Å². The fraction of sp³-hybridized carbons (Fsp3) is 0.0769. The third-order valence-corrected chi connectivity index (χ3v) is 2.68. The maximum absolute atomic E-state index is 2.30. The Balaban J connectivity index is 2.58. The molecule has 0 fully saturated rings. The summed E-state index contributed by atoms with van der Waals surface area (Å²) in [5, 5.41) is 2.83. The molecule has 2 aliphatic carbocycles. The average molecular weight is 166 g/mol. The Hall–Kier alpha value is -1.56. The zero-order valence-corrected chi connectivity index (χ0v) is 7.33. The van der Waals surface area contributed by atoms with Crippen LogP contribution < -0.4 is 10.4 Å². The molecule has 0 nitrogen and oxygen atoms in total. The molecule has 0 N–H and O–H groups in total. The number of hydrogen-bond acceptors (Lipinski definition) is 0. The van der Waals surface area contributed by atoms with E-state index in [2.05, 4.69) is 48.6 Å². The van der Waals surface area contributed by atoms with Crippen LogP contribution in [0.2, 0.25) is 0 Å². The van der Waals surface area contributed by atoms with Crippen LogP contribution in [0.15, 0.2) is 36.4 Å².